The number of hydrogen-bond donors (Lipinski definition) is 1. The van der Waals surface area contributed by atoms with E-state index in [2.05, 4.69) is 27.6 Å². The van der Waals surface area contributed by atoms with E-state index in [-0.39, 0.29) is 23.6 Å². The molecule has 8 heteroatoms. The molecule has 2 aromatic rings. The van der Waals surface area contributed by atoms with Crippen molar-refractivity contribution in [2.75, 3.05) is 0 Å². The van der Waals surface area contributed by atoms with Gasteiger partial charge in [0.15, 0.2) is 5.17 Å². The van der Waals surface area contributed by atoms with Crippen LogP contribution in [0.3, 0.4) is 0 Å². The fraction of sp³-hybridized carbons (Fsp3) is 0.292. The number of ether oxygens (including phenoxy) is 1. The molecule has 1 saturated heterocycles. The lowest BCUT2D eigenvalue weighted by atomic mass is 10.1. The van der Waals surface area contributed by atoms with E-state index in [1.54, 1.807) is 29.2 Å². The van der Waals surface area contributed by atoms with Crippen LogP contribution in [-0.2, 0) is 11.4 Å². The SMILES string of the molecule is CC(C)N=C1S/C(=C/c2ccc(OCc3ccc(C(=O)O)cc3)c(I)c2)C(=O)N1C(C)C. The summed E-state index contributed by atoms with van der Waals surface area (Å²) in [6, 6.07) is 12.5. The number of carbonyl (C=O) groups excluding carboxylic acids is 1. The summed E-state index contributed by atoms with van der Waals surface area (Å²) in [7, 11) is 0. The summed E-state index contributed by atoms with van der Waals surface area (Å²) in [6.07, 6.45) is 1.89. The normalized spacial score (nSPS) is 16.6. The second-order valence-electron chi connectivity index (χ2n) is 7.87. The minimum Gasteiger partial charge on any atom is -0.488 e. The summed E-state index contributed by atoms with van der Waals surface area (Å²) < 4.78 is 6.83. The van der Waals surface area contributed by atoms with Gasteiger partial charge in [-0.2, -0.15) is 0 Å². The number of aliphatic imine (C=N–C) groups is 1. The molecule has 1 aliphatic heterocycles. The minimum absolute atomic E-state index is 0.0236. The molecule has 6 nitrogen and oxygen atoms in total. The van der Waals surface area contributed by atoms with E-state index in [4.69, 9.17) is 9.84 Å². The van der Waals surface area contributed by atoms with E-state index in [0.717, 1.165) is 25.6 Å². The Morgan fingerprint density at radius 1 is 1.19 bits per heavy atom. The summed E-state index contributed by atoms with van der Waals surface area (Å²) in [5.74, 6) is -0.245. The van der Waals surface area contributed by atoms with Crippen LogP contribution in [0.2, 0.25) is 0 Å². The van der Waals surface area contributed by atoms with Crippen LogP contribution in [0.5, 0.6) is 5.75 Å². The number of halogens is 1. The first-order valence-electron chi connectivity index (χ1n) is 10.2. The number of amides is 1. The Morgan fingerprint density at radius 3 is 2.44 bits per heavy atom. The van der Waals surface area contributed by atoms with Gasteiger partial charge in [0.25, 0.3) is 5.91 Å². The molecule has 0 radical (unpaired) electrons. The van der Waals surface area contributed by atoms with Crippen molar-refractivity contribution in [1.29, 1.82) is 0 Å². The maximum Gasteiger partial charge on any atom is 0.335 e. The number of carboxylic acids is 1. The first-order chi connectivity index (χ1) is 15.2. The zero-order chi connectivity index (χ0) is 23.4. The third-order valence-corrected chi connectivity index (χ3v) is 6.41. The van der Waals surface area contributed by atoms with Gasteiger partial charge in [-0.3, -0.25) is 14.7 Å². The predicted octanol–water partition coefficient (Wildman–Crippen LogP) is 5.66. The van der Waals surface area contributed by atoms with Gasteiger partial charge < -0.3 is 9.84 Å². The van der Waals surface area contributed by atoms with Crippen molar-refractivity contribution in [3.8, 4) is 5.75 Å². The van der Waals surface area contributed by atoms with Crippen molar-refractivity contribution in [2.24, 2.45) is 4.99 Å². The summed E-state index contributed by atoms with van der Waals surface area (Å²) in [5, 5.41) is 9.74. The van der Waals surface area contributed by atoms with Crippen LogP contribution < -0.4 is 4.74 Å². The maximum absolute atomic E-state index is 12.9. The molecule has 0 saturated carbocycles. The Morgan fingerprint density at radius 2 is 1.88 bits per heavy atom. The predicted molar refractivity (Wildman–Crippen MR) is 137 cm³/mol. The van der Waals surface area contributed by atoms with Crippen LogP contribution in [0, 0.1) is 3.57 Å². The molecule has 3 rings (SSSR count). The van der Waals surface area contributed by atoms with Gasteiger partial charge in [0, 0.05) is 12.1 Å². The lowest BCUT2D eigenvalue weighted by Gasteiger charge is -2.20. The molecule has 1 amide bonds. The van der Waals surface area contributed by atoms with Gasteiger partial charge in [0.05, 0.1) is 14.0 Å². The fourth-order valence-corrected chi connectivity index (χ4v) is 4.96. The summed E-state index contributed by atoms with van der Waals surface area (Å²) >= 11 is 3.62. The standard InChI is InChI=1S/C24H25IN2O4S/c1-14(2)26-24-27(15(3)4)22(28)21(32-24)12-17-7-10-20(19(25)11-17)31-13-16-5-8-18(9-6-16)23(29)30/h5-12,14-15H,13H2,1-4H3,(H,29,30)/b21-12+,26-24?. The molecule has 2 aromatic carbocycles. The van der Waals surface area contributed by atoms with E-state index >= 15 is 0 Å². The highest BCUT2D eigenvalue weighted by atomic mass is 127. The van der Waals surface area contributed by atoms with Crippen molar-refractivity contribution < 1.29 is 19.4 Å². The highest BCUT2D eigenvalue weighted by Crippen LogP contribution is 2.35. The smallest absolute Gasteiger partial charge is 0.335 e. The second-order valence-corrected chi connectivity index (χ2v) is 10.0. The zero-order valence-corrected chi connectivity index (χ0v) is 21.3. The van der Waals surface area contributed by atoms with Gasteiger partial charge in [0.1, 0.15) is 12.4 Å². The average molecular weight is 564 g/mol. The highest BCUT2D eigenvalue weighted by molar-refractivity contribution is 14.1. The van der Waals surface area contributed by atoms with Crippen molar-refractivity contribution in [3.05, 3.63) is 67.6 Å². The Balaban J connectivity index is 1.74. The number of carbonyl (C=O) groups is 2. The Kier molecular flexibility index (Phi) is 8.00. The summed E-state index contributed by atoms with van der Waals surface area (Å²) in [6.45, 7) is 8.31. The largest absolute Gasteiger partial charge is 0.488 e. The first kappa shape index (κ1) is 24.3. The van der Waals surface area contributed by atoms with E-state index in [1.165, 1.54) is 11.8 Å². The molecule has 1 N–H and O–H groups in total. The number of aromatic carboxylic acids is 1. The van der Waals surface area contributed by atoms with Crippen molar-refractivity contribution in [2.45, 2.75) is 46.4 Å². The number of amidine groups is 1. The van der Waals surface area contributed by atoms with Crippen LogP contribution in [-0.4, -0.2) is 39.1 Å². The van der Waals surface area contributed by atoms with Crippen LogP contribution >= 0.6 is 34.4 Å². The molecule has 0 aliphatic carbocycles. The number of rotatable bonds is 7. The molecule has 0 spiro atoms. The van der Waals surface area contributed by atoms with E-state index in [9.17, 15) is 9.59 Å². The number of carboxylic acid groups (broad SMARTS) is 1. The quantitative estimate of drug-likeness (QED) is 0.347. The Bertz CT molecular complexity index is 1080. The molecule has 1 fully saturated rings. The van der Waals surface area contributed by atoms with Gasteiger partial charge in [0.2, 0.25) is 0 Å². The number of benzene rings is 2. The zero-order valence-electron chi connectivity index (χ0n) is 18.3. The molecule has 1 aliphatic rings. The topological polar surface area (TPSA) is 79.2 Å². The lowest BCUT2D eigenvalue weighted by Crippen LogP contribution is -2.35. The summed E-state index contributed by atoms with van der Waals surface area (Å²) in [5.41, 5.74) is 2.05. The number of nitrogens with zero attached hydrogens (tertiary/aromatic N) is 2. The van der Waals surface area contributed by atoms with Crippen molar-refractivity contribution in [1.82, 2.24) is 4.90 Å². The van der Waals surface area contributed by atoms with Crippen LogP contribution in [0.1, 0.15) is 49.2 Å². The van der Waals surface area contributed by atoms with Crippen LogP contribution in [0.25, 0.3) is 6.08 Å². The van der Waals surface area contributed by atoms with Crippen molar-refractivity contribution >= 4 is 57.5 Å². The maximum atomic E-state index is 12.9. The third kappa shape index (κ3) is 5.92. The Hall–Kier alpha value is -2.33. The van der Waals surface area contributed by atoms with E-state index in [1.807, 2.05) is 52.0 Å². The van der Waals surface area contributed by atoms with Gasteiger partial charge in [-0.1, -0.05) is 18.2 Å². The molecule has 0 bridgehead atoms. The highest BCUT2D eigenvalue weighted by Gasteiger charge is 2.35. The van der Waals surface area contributed by atoms with Crippen LogP contribution in [0.15, 0.2) is 52.4 Å². The molecule has 0 unspecified atom stereocenters. The van der Waals surface area contributed by atoms with E-state index in [0.29, 0.717) is 11.5 Å². The molecular weight excluding hydrogens is 539 g/mol. The van der Waals surface area contributed by atoms with Crippen molar-refractivity contribution in [3.63, 3.8) is 0 Å². The lowest BCUT2D eigenvalue weighted by molar-refractivity contribution is -0.123. The monoisotopic (exact) mass is 564 g/mol. The second kappa shape index (κ2) is 10.5. The first-order valence-corrected chi connectivity index (χ1v) is 12.1. The van der Waals surface area contributed by atoms with Gasteiger partial charge >= 0.3 is 5.97 Å². The average Bonchev–Trinajstić information content (AvgIpc) is 3.01. The Labute approximate surface area is 205 Å². The number of thioether (sulfide) groups is 1. The van der Waals surface area contributed by atoms with Gasteiger partial charge in [-0.25, -0.2) is 4.79 Å². The molecular formula is C24H25IN2O4S. The fourth-order valence-electron chi connectivity index (χ4n) is 3.03. The van der Waals surface area contributed by atoms with Gasteiger partial charge in [-0.15, -0.1) is 0 Å². The molecule has 1 heterocycles. The van der Waals surface area contributed by atoms with Crippen LogP contribution in [0.4, 0.5) is 0 Å². The minimum atomic E-state index is -0.949. The van der Waals surface area contributed by atoms with E-state index < -0.39 is 5.97 Å². The number of hydrogen-bond acceptors (Lipinski definition) is 5. The molecule has 32 heavy (non-hydrogen) atoms. The molecule has 0 aromatic heterocycles. The molecule has 168 valence electrons. The summed E-state index contributed by atoms with van der Waals surface area (Å²) in [4.78, 5) is 30.9. The molecule has 0 atom stereocenters. The van der Waals surface area contributed by atoms with Gasteiger partial charge in [-0.05, 0) is 104 Å². The third-order valence-electron chi connectivity index (χ3n) is 4.57.